The number of nitrogens with one attached hydrogen (secondary N) is 1. The molecular weight excluding hydrogens is 358 g/mol. The van der Waals surface area contributed by atoms with Crippen LogP contribution >= 0.6 is 0 Å². The second kappa shape index (κ2) is 8.04. The number of amides is 1. The van der Waals surface area contributed by atoms with Crippen molar-refractivity contribution in [1.82, 2.24) is 15.5 Å². The van der Waals surface area contributed by atoms with Crippen LogP contribution in [0.3, 0.4) is 0 Å². The standard InChI is InChI=1S/C21H21N3O4/c1-12-6-4-5-7-17(12)18(9-19(25)26)23-21(27)16-8-15(10-22-11-16)20-13(2)24-28-14(20)3/h4-8,10-11,18H,9H2,1-3H3,(H,23,27)(H,25,26)/t18-/m0/s1. The molecule has 7 nitrogen and oxygen atoms in total. The van der Waals surface area contributed by atoms with Crippen molar-refractivity contribution in [1.29, 1.82) is 0 Å². The van der Waals surface area contributed by atoms with Crippen molar-refractivity contribution < 1.29 is 19.2 Å². The van der Waals surface area contributed by atoms with Crippen molar-refractivity contribution in [3.63, 3.8) is 0 Å². The van der Waals surface area contributed by atoms with Gasteiger partial charge in [-0.25, -0.2) is 0 Å². The largest absolute Gasteiger partial charge is 0.481 e. The van der Waals surface area contributed by atoms with E-state index >= 15 is 0 Å². The summed E-state index contributed by atoms with van der Waals surface area (Å²) in [6.07, 6.45) is 2.87. The predicted molar refractivity (Wildman–Crippen MR) is 103 cm³/mol. The van der Waals surface area contributed by atoms with Crippen molar-refractivity contribution in [2.45, 2.75) is 33.2 Å². The number of aryl methyl sites for hydroxylation is 3. The van der Waals surface area contributed by atoms with Crippen molar-refractivity contribution in [3.05, 3.63) is 70.9 Å². The minimum atomic E-state index is -0.990. The molecule has 2 aromatic heterocycles. The highest BCUT2D eigenvalue weighted by Crippen LogP contribution is 2.27. The molecule has 0 aliphatic heterocycles. The second-order valence-corrected chi connectivity index (χ2v) is 6.64. The first-order chi connectivity index (χ1) is 13.4. The van der Waals surface area contributed by atoms with Crippen LogP contribution in [-0.4, -0.2) is 27.1 Å². The Balaban J connectivity index is 1.89. The lowest BCUT2D eigenvalue weighted by Crippen LogP contribution is -2.30. The number of nitrogens with zero attached hydrogens (tertiary/aromatic N) is 2. The molecule has 3 rings (SSSR count). The second-order valence-electron chi connectivity index (χ2n) is 6.64. The quantitative estimate of drug-likeness (QED) is 0.678. The summed E-state index contributed by atoms with van der Waals surface area (Å²) in [6.45, 7) is 5.50. The molecule has 1 aromatic carbocycles. The molecule has 2 N–H and O–H groups in total. The van der Waals surface area contributed by atoms with E-state index in [4.69, 9.17) is 4.52 Å². The summed E-state index contributed by atoms with van der Waals surface area (Å²) >= 11 is 0. The molecule has 0 saturated heterocycles. The third kappa shape index (κ3) is 4.09. The first kappa shape index (κ1) is 19.3. The summed E-state index contributed by atoms with van der Waals surface area (Å²) in [6, 6.07) is 8.45. The Hall–Kier alpha value is -3.48. The number of hydrogen-bond acceptors (Lipinski definition) is 5. The molecule has 0 saturated carbocycles. The third-order valence-electron chi connectivity index (χ3n) is 4.57. The van der Waals surface area contributed by atoms with Gasteiger partial charge in [-0.1, -0.05) is 29.4 Å². The Morgan fingerprint density at radius 2 is 1.93 bits per heavy atom. The summed E-state index contributed by atoms with van der Waals surface area (Å²) < 4.78 is 5.19. The van der Waals surface area contributed by atoms with Crippen molar-refractivity contribution in [2.24, 2.45) is 0 Å². The number of carboxylic acid groups (broad SMARTS) is 1. The van der Waals surface area contributed by atoms with Crippen LogP contribution < -0.4 is 5.32 Å². The Bertz CT molecular complexity index is 1010. The summed E-state index contributed by atoms with van der Waals surface area (Å²) in [7, 11) is 0. The van der Waals surface area contributed by atoms with Gasteiger partial charge in [-0.05, 0) is 38.0 Å². The predicted octanol–water partition coefficient (Wildman–Crippen LogP) is 3.61. The Morgan fingerprint density at radius 3 is 2.57 bits per heavy atom. The molecule has 0 aliphatic rings. The van der Waals surface area contributed by atoms with E-state index in [2.05, 4.69) is 15.5 Å². The van der Waals surface area contributed by atoms with Crippen molar-refractivity contribution in [2.75, 3.05) is 0 Å². The number of aliphatic carboxylic acids is 1. The first-order valence-corrected chi connectivity index (χ1v) is 8.83. The lowest BCUT2D eigenvalue weighted by Gasteiger charge is -2.19. The Morgan fingerprint density at radius 1 is 1.18 bits per heavy atom. The maximum Gasteiger partial charge on any atom is 0.305 e. The highest BCUT2D eigenvalue weighted by molar-refractivity contribution is 5.95. The van der Waals surface area contributed by atoms with Gasteiger partial charge in [0.25, 0.3) is 5.91 Å². The van der Waals surface area contributed by atoms with E-state index in [1.807, 2.05) is 38.1 Å². The Labute approximate surface area is 162 Å². The van der Waals surface area contributed by atoms with Gasteiger partial charge >= 0.3 is 5.97 Å². The average Bonchev–Trinajstić information content (AvgIpc) is 2.99. The van der Waals surface area contributed by atoms with E-state index in [1.165, 1.54) is 6.20 Å². The highest BCUT2D eigenvalue weighted by Gasteiger charge is 2.21. The van der Waals surface area contributed by atoms with Crippen LogP contribution in [-0.2, 0) is 4.79 Å². The van der Waals surface area contributed by atoms with Crippen molar-refractivity contribution >= 4 is 11.9 Å². The molecule has 144 valence electrons. The Kier molecular flexibility index (Phi) is 5.54. The van der Waals surface area contributed by atoms with E-state index in [1.54, 1.807) is 19.2 Å². The minimum Gasteiger partial charge on any atom is -0.481 e. The maximum atomic E-state index is 12.8. The molecule has 0 radical (unpaired) electrons. The van der Waals surface area contributed by atoms with E-state index in [0.717, 1.165) is 22.3 Å². The maximum absolute atomic E-state index is 12.8. The monoisotopic (exact) mass is 379 g/mol. The van der Waals surface area contributed by atoms with Gasteiger partial charge in [-0.3, -0.25) is 14.6 Å². The SMILES string of the molecule is Cc1ccccc1[C@H](CC(=O)O)NC(=O)c1cncc(-c2c(C)noc2C)c1. The molecule has 0 unspecified atom stereocenters. The van der Waals surface area contributed by atoms with Gasteiger partial charge in [0, 0.05) is 23.5 Å². The molecule has 0 bridgehead atoms. The summed E-state index contributed by atoms with van der Waals surface area (Å²) in [5.74, 6) is -0.743. The van der Waals surface area contributed by atoms with E-state index in [9.17, 15) is 14.7 Å². The van der Waals surface area contributed by atoms with Crippen LogP contribution in [0.25, 0.3) is 11.1 Å². The van der Waals surface area contributed by atoms with Crippen LogP contribution in [0.5, 0.6) is 0 Å². The molecule has 7 heteroatoms. The van der Waals surface area contributed by atoms with Crippen LogP contribution in [0.15, 0.2) is 47.2 Å². The number of hydrogen-bond donors (Lipinski definition) is 2. The normalized spacial score (nSPS) is 11.8. The molecule has 1 amide bonds. The number of pyridine rings is 1. The zero-order valence-corrected chi connectivity index (χ0v) is 15.9. The number of carbonyl (C=O) groups excluding carboxylic acids is 1. The molecule has 0 fully saturated rings. The van der Waals surface area contributed by atoms with Crippen LogP contribution in [0.1, 0.15) is 45.4 Å². The fraction of sp³-hybridized carbons (Fsp3) is 0.238. The van der Waals surface area contributed by atoms with Gasteiger partial charge in [0.05, 0.1) is 23.7 Å². The smallest absolute Gasteiger partial charge is 0.305 e. The zero-order valence-electron chi connectivity index (χ0n) is 15.9. The minimum absolute atomic E-state index is 0.215. The number of rotatable bonds is 6. The van der Waals surface area contributed by atoms with Crippen LogP contribution in [0.4, 0.5) is 0 Å². The van der Waals surface area contributed by atoms with E-state index in [0.29, 0.717) is 17.0 Å². The zero-order chi connectivity index (χ0) is 20.3. The average molecular weight is 379 g/mol. The fourth-order valence-corrected chi connectivity index (χ4v) is 3.23. The number of carbonyl (C=O) groups is 2. The molecule has 0 spiro atoms. The van der Waals surface area contributed by atoms with E-state index < -0.39 is 17.9 Å². The summed E-state index contributed by atoms with van der Waals surface area (Å²) in [5, 5.41) is 16.0. The van der Waals surface area contributed by atoms with Gasteiger partial charge in [-0.15, -0.1) is 0 Å². The topological polar surface area (TPSA) is 105 Å². The van der Waals surface area contributed by atoms with Crippen LogP contribution in [0.2, 0.25) is 0 Å². The van der Waals surface area contributed by atoms with Crippen molar-refractivity contribution in [3.8, 4) is 11.1 Å². The molecular formula is C21H21N3O4. The number of carboxylic acids is 1. The molecule has 28 heavy (non-hydrogen) atoms. The third-order valence-corrected chi connectivity index (χ3v) is 4.57. The van der Waals surface area contributed by atoms with Gasteiger partial charge < -0.3 is 14.9 Å². The fourth-order valence-electron chi connectivity index (χ4n) is 3.23. The molecule has 1 atom stereocenters. The molecule has 2 heterocycles. The summed E-state index contributed by atoms with van der Waals surface area (Å²) in [5.41, 5.74) is 4.24. The highest BCUT2D eigenvalue weighted by atomic mass is 16.5. The molecule has 3 aromatic rings. The van der Waals surface area contributed by atoms with Gasteiger partial charge in [0.1, 0.15) is 5.76 Å². The van der Waals surface area contributed by atoms with Gasteiger partial charge in [-0.2, -0.15) is 0 Å². The summed E-state index contributed by atoms with van der Waals surface area (Å²) in [4.78, 5) is 28.3. The van der Waals surface area contributed by atoms with Crippen LogP contribution in [0, 0.1) is 20.8 Å². The lowest BCUT2D eigenvalue weighted by atomic mass is 9.98. The van der Waals surface area contributed by atoms with Gasteiger partial charge in [0.15, 0.2) is 0 Å². The lowest BCUT2D eigenvalue weighted by molar-refractivity contribution is -0.137. The first-order valence-electron chi connectivity index (χ1n) is 8.83. The van der Waals surface area contributed by atoms with E-state index in [-0.39, 0.29) is 6.42 Å². The van der Waals surface area contributed by atoms with Gasteiger partial charge in [0.2, 0.25) is 0 Å². The number of benzene rings is 1. The number of aromatic nitrogens is 2. The molecule has 0 aliphatic carbocycles.